The molecule has 0 N–H and O–H groups in total. The maximum absolute atomic E-state index is 13.4. The van der Waals surface area contributed by atoms with Crippen molar-refractivity contribution in [1.82, 2.24) is 19.9 Å². The van der Waals surface area contributed by atoms with E-state index in [1.807, 2.05) is 24.5 Å². The fraction of sp³-hybridized carbons (Fsp3) is 0.375. The molecule has 1 saturated heterocycles. The lowest BCUT2D eigenvalue weighted by Crippen LogP contribution is -2.34. The minimum Gasteiger partial charge on any atom is -0.438 e. The number of ether oxygens (including phenoxy) is 1. The third-order valence-electron chi connectivity index (χ3n) is 5.91. The van der Waals surface area contributed by atoms with Crippen LogP contribution in [0.3, 0.4) is 0 Å². The number of rotatable bonds is 5. The van der Waals surface area contributed by atoms with Gasteiger partial charge in [0.25, 0.3) is 0 Å². The average molecular weight is 420 g/mol. The van der Waals surface area contributed by atoms with Gasteiger partial charge in [0, 0.05) is 51.5 Å². The number of pyridine rings is 1. The van der Waals surface area contributed by atoms with Gasteiger partial charge >= 0.3 is 0 Å². The predicted octanol–water partition coefficient (Wildman–Crippen LogP) is 4.35. The molecule has 1 aromatic carbocycles. The highest BCUT2D eigenvalue weighted by atomic mass is 19.1. The lowest BCUT2D eigenvalue weighted by atomic mass is 10.1. The average Bonchev–Trinajstić information content (AvgIpc) is 2.82. The van der Waals surface area contributed by atoms with E-state index in [0.29, 0.717) is 18.2 Å². The summed E-state index contributed by atoms with van der Waals surface area (Å²) in [4.78, 5) is 18.5. The smallest absolute Gasteiger partial charge is 0.228 e. The molecule has 6 nitrogen and oxygen atoms in total. The van der Waals surface area contributed by atoms with E-state index in [2.05, 4.69) is 14.8 Å². The maximum atomic E-state index is 13.4. The summed E-state index contributed by atoms with van der Waals surface area (Å²) < 4.78 is 19.5. The number of aromatic nitrogens is 3. The molecule has 2 aliphatic rings. The number of benzene rings is 1. The summed E-state index contributed by atoms with van der Waals surface area (Å²) in [5, 5.41) is 0. The van der Waals surface area contributed by atoms with Crippen molar-refractivity contribution in [2.24, 2.45) is 0 Å². The minimum absolute atomic E-state index is 0.283. The molecule has 0 bridgehead atoms. The van der Waals surface area contributed by atoms with Gasteiger partial charge in [-0.15, -0.1) is 0 Å². The normalized spacial score (nSPS) is 16.7. The van der Waals surface area contributed by atoms with Crippen molar-refractivity contribution >= 4 is 5.95 Å². The molecule has 0 aliphatic carbocycles. The van der Waals surface area contributed by atoms with Crippen LogP contribution in [0.15, 0.2) is 48.8 Å². The molecular formula is C24H26FN5O. The first-order valence-electron chi connectivity index (χ1n) is 10.9. The Bertz CT molecular complexity index is 1020. The van der Waals surface area contributed by atoms with E-state index in [4.69, 9.17) is 14.7 Å². The number of fused-ring (bicyclic) bond motifs is 1. The van der Waals surface area contributed by atoms with Gasteiger partial charge in [0.05, 0.1) is 11.3 Å². The Kier molecular flexibility index (Phi) is 5.76. The number of nitrogens with zero attached hydrogens (tertiary/aromatic N) is 5. The second-order valence-corrected chi connectivity index (χ2v) is 8.17. The molecule has 0 amide bonds. The van der Waals surface area contributed by atoms with Crippen molar-refractivity contribution in [1.29, 1.82) is 0 Å². The Hall–Kier alpha value is -3.06. The van der Waals surface area contributed by atoms with E-state index < -0.39 is 0 Å². The first kappa shape index (κ1) is 19.9. The minimum atomic E-state index is -0.283. The molecule has 3 aromatic rings. The largest absolute Gasteiger partial charge is 0.438 e. The van der Waals surface area contributed by atoms with Crippen LogP contribution in [0.1, 0.15) is 36.1 Å². The van der Waals surface area contributed by atoms with Crippen LogP contribution in [-0.4, -0.2) is 39.5 Å². The van der Waals surface area contributed by atoms with Gasteiger partial charge in [0.15, 0.2) is 0 Å². The zero-order valence-electron chi connectivity index (χ0n) is 17.5. The summed E-state index contributed by atoms with van der Waals surface area (Å²) in [6.45, 7) is 4.44. The Morgan fingerprint density at radius 1 is 0.903 bits per heavy atom. The van der Waals surface area contributed by atoms with Crippen molar-refractivity contribution in [3.05, 3.63) is 71.4 Å². The zero-order valence-corrected chi connectivity index (χ0v) is 17.5. The maximum Gasteiger partial charge on any atom is 0.228 e. The van der Waals surface area contributed by atoms with E-state index in [-0.39, 0.29) is 5.82 Å². The fourth-order valence-electron chi connectivity index (χ4n) is 4.24. The first-order chi connectivity index (χ1) is 15.2. The van der Waals surface area contributed by atoms with Crippen LogP contribution in [-0.2, 0) is 19.5 Å². The van der Waals surface area contributed by atoms with Gasteiger partial charge in [-0.2, -0.15) is 4.98 Å². The third kappa shape index (κ3) is 4.66. The summed E-state index contributed by atoms with van der Waals surface area (Å²) >= 11 is 0. The van der Waals surface area contributed by atoms with Crippen molar-refractivity contribution in [3.63, 3.8) is 0 Å². The summed E-state index contributed by atoms with van der Waals surface area (Å²) in [5.41, 5.74) is 3.30. The quantitative estimate of drug-likeness (QED) is 0.613. The summed E-state index contributed by atoms with van der Waals surface area (Å²) in [6.07, 6.45) is 8.07. The highest BCUT2D eigenvalue weighted by Crippen LogP contribution is 2.32. The number of hydrogen-bond acceptors (Lipinski definition) is 6. The molecule has 0 radical (unpaired) electrons. The number of hydrogen-bond donors (Lipinski definition) is 0. The molecule has 0 spiro atoms. The molecule has 31 heavy (non-hydrogen) atoms. The van der Waals surface area contributed by atoms with Crippen LogP contribution in [0, 0.1) is 5.82 Å². The van der Waals surface area contributed by atoms with Crippen LogP contribution in [0.5, 0.6) is 11.6 Å². The summed E-state index contributed by atoms with van der Waals surface area (Å²) in [7, 11) is 0. The fourth-order valence-corrected chi connectivity index (χ4v) is 4.24. The van der Waals surface area contributed by atoms with Crippen LogP contribution < -0.4 is 9.64 Å². The Morgan fingerprint density at radius 3 is 2.45 bits per heavy atom. The highest BCUT2D eigenvalue weighted by molar-refractivity contribution is 5.43. The second-order valence-electron chi connectivity index (χ2n) is 8.17. The Morgan fingerprint density at radius 2 is 1.68 bits per heavy atom. The number of anilines is 1. The van der Waals surface area contributed by atoms with Gasteiger partial charge < -0.3 is 9.64 Å². The van der Waals surface area contributed by atoms with E-state index in [1.54, 1.807) is 12.1 Å². The Labute approximate surface area is 181 Å². The van der Waals surface area contributed by atoms with Gasteiger partial charge in [-0.3, -0.25) is 9.88 Å². The van der Waals surface area contributed by atoms with Gasteiger partial charge in [0.1, 0.15) is 11.6 Å². The first-order valence-corrected chi connectivity index (χ1v) is 10.9. The topological polar surface area (TPSA) is 54.4 Å². The molecule has 2 aliphatic heterocycles. The lowest BCUT2D eigenvalue weighted by Gasteiger charge is -2.31. The standard InChI is InChI=1S/C24H26FN5O/c25-19-4-6-20(7-5-19)31-23-21-17-29(16-18-8-11-26-12-9-18)15-10-22(21)27-24(28-23)30-13-2-1-3-14-30/h4-9,11-12H,1-3,10,13-17H2. The molecule has 4 heterocycles. The van der Waals surface area contributed by atoms with Crippen molar-refractivity contribution in [3.8, 4) is 11.6 Å². The number of piperidine rings is 1. The SMILES string of the molecule is Fc1ccc(Oc2nc(N3CCCCC3)nc3c2CN(Cc2ccncc2)CC3)cc1. The van der Waals surface area contributed by atoms with E-state index in [1.165, 1.54) is 24.1 Å². The van der Waals surface area contributed by atoms with Crippen molar-refractivity contribution in [2.75, 3.05) is 24.5 Å². The van der Waals surface area contributed by atoms with Crippen molar-refractivity contribution in [2.45, 2.75) is 38.8 Å². The van der Waals surface area contributed by atoms with Crippen LogP contribution in [0.25, 0.3) is 0 Å². The van der Waals surface area contributed by atoms with Crippen LogP contribution in [0.4, 0.5) is 10.3 Å². The van der Waals surface area contributed by atoms with Crippen LogP contribution >= 0.6 is 0 Å². The zero-order chi connectivity index (χ0) is 21.0. The molecule has 0 unspecified atom stereocenters. The molecule has 160 valence electrons. The third-order valence-corrected chi connectivity index (χ3v) is 5.91. The molecular weight excluding hydrogens is 393 g/mol. The molecule has 1 fully saturated rings. The van der Waals surface area contributed by atoms with Gasteiger partial charge in [-0.1, -0.05) is 0 Å². The van der Waals surface area contributed by atoms with Gasteiger partial charge in [-0.25, -0.2) is 9.37 Å². The van der Waals surface area contributed by atoms with Crippen molar-refractivity contribution < 1.29 is 9.13 Å². The molecule has 7 heteroatoms. The monoisotopic (exact) mass is 419 g/mol. The van der Waals surface area contributed by atoms with Crippen LogP contribution in [0.2, 0.25) is 0 Å². The lowest BCUT2D eigenvalue weighted by molar-refractivity contribution is 0.238. The molecule has 2 aromatic heterocycles. The number of halogens is 1. The second kappa shape index (κ2) is 8.98. The summed E-state index contributed by atoms with van der Waals surface area (Å²) in [6, 6.07) is 10.2. The van der Waals surface area contributed by atoms with E-state index >= 15 is 0 Å². The van der Waals surface area contributed by atoms with E-state index in [0.717, 1.165) is 62.6 Å². The molecule has 5 rings (SSSR count). The van der Waals surface area contributed by atoms with Gasteiger partial charge in [-0.05, 0) is 61.2 Å². The molecule has 0 saturated carbocycles. The Balaban J connectivity index is 1.45. The predicted molar refractivity (Wildman–Crippen MR) is 117 cm³/mol. The highest BCUT2D eigenvalue weighted by Gasteiger charge is 2.26. The van der Waals surface area contributed by atoms with Gasteiger partial charge in [0.2, 0.25) is 11.8 Å². The molecule has 0 atom stereocenters. The van der Waals surface area contributed by atoms with E-state index in [9.17, 15) is 4.39 Å². The summed E-state index contributed by atoms with van der Waals surface area (Å²) in [5.74, 6) is 1.63.